The number of allylic oxidation sites excluding steroid dienone is 1. The molecule has 3 N–H and O–H groups in total. The number of hydrogen-bond donors (Lipinski definition) is 2. The molecule has 0 aliphatic carbocycles. The predicted octanol–water partition coefficient (Wildman–Crippen LogP) is 2.82. The van der Waals surface area contributed by atoms with Gasteiger partial charge in [0, 0.05) is 36.4 Å². The largest absolute Gasteiger partial charge is 0.477 e. The van der Waals surface area contributed by atoms with Crippen LogP contribution < -0.4 is 10.5 Å². The third kappa shape index (κ3) is 4.32. The summed E-state index contributed by atoms with van der Waals surface area (Å²) in [6.07, 6.45) is 2.94. The molecule has 0 bridgehead atoms. The number of nitriles is 1. The lowest BCUT2D eigenvalue weighted by molar-refractivity contribution is 0.0999. The standard InChI is InChI=1S/C22H26N4O4/c1-6-15(16(29-5)8-12(3)9-23)18-17(21(24)28)13(4)26-20-14(11-27)10-25-22(19(18)20)30-7-2/h6,10,16,27H,3,7-8,11H2,1-2,4-5H3,(H2,24,28)/b15-6+. The summed E-state index contributed by atoms with van der Waals surface area (Å²) < 4.78 is 11.4. The van der Waals surface area contributed by atoms with Gasteiger partial charge >= 0.3 is 0 Å². The molecule has 0 aromatic carbocycles. The molecule has 30 heavy (non-hydrogen) atoms. The minimum absolute atomic E-state index is 0.207. The van der Waals surface area contributed by atoms with E-state index >= 15 is 0 Å². The highest BCUT2D eigenvalue weighted by Gasteiger charge is 2.28. The van der Waals surface area contributed by atoms with Crippen LogP contribution in [0.25, 0.3) is 16.5 Å². The minimum atomic E-state index is -0.665. The molecule has 0 radical (unpaired) electrons. The number of ether oxygens (including phenoxy) is 2. The lowest BCUT2D eigenvalue weighted by Gasteiger charge is -2.24. The molecule has 0 saturated carbocycles. The highest BCUT2D eigenvalue weighted by atomic mass is 16.5. The summed E-state index contributed by atoms with van der Waals surface area (Å²) in [5.74, 6) is -0.398. The van der Waals surface area contributed by atoms with E-state index in [0.717, 1.165) is 0 Å². The van der Waals surface area contributed by atoms with Gasteiger partial charge in [0.25, 0.3) is 5.91 Å². The number of fused-ring (bicyclic) bond motifs is 1. The first-order valence-corrected chi connectivity index (χ1v) is 9.47. The zero-order chi connectivity index (χ0) is 22.4. The molecule has 2 aromatic heterocycles. The molecule has 2 aromatic rings. The van der Waals surface area contributed by atoms with Gasteiger partial charge in [-0.1, -0.05) is 12.7 Å². The van der Waals surface area contributed by atoms with Gasteiger partial charge in [-0.15, -0.1) is 0 Å². The molecule has 1 unspecified atom stereocenters. The number of rotatable bonds is 9. The molecular weight excluding hydrogens is 384 g/mol. The number of aryl methyl sites for hydroxylation is 1. The minimum Gasteiger partial charge on any atom is -0.477 e. The van der Waals surface area contributed by atoms with E-state index in [9.17, 15) is 15.2 Å². The Hall–Kier alpha value is -3.28. The van der Waals surface area contributed by atoms with E-state index in [1.165, 1.54) is 13.3 Å². The highest BCUT2D eigenvalue weighted by molar-refractivity contribution is 6.08. The van der Waals surface area contributed by atoms with Gasteiger partial charge < -0.3 is 20.3 Å². The number of methoxy groups -OCH3 is 1. The third-order valence-corrected chi connectivity index (χ3v) is 4.75. The van der Waals surface area contributed by atoms with Gasteiger partial charge in [0.05, 0.1) is 47.5 Å². The fraction of sp³-hybridized carbons (Fsp3) is 0.364. The number of carbonyl (C=O) groups excluding carboxylic acids is 1. The van der Waals surface area contributed by atoms with Crippen molar-refractivity contribution in [2.75, 3.05) is 13.7 Å². The summed E-state index contributed by atoms with van der Waals surface area (Å²) in [5, 5.41) is 19.5. The van der Waals surface area contributed by atoms with Gasteiger partial charge in [-0.05, 0) is 26.3 Å². The smallest absolute Gasteiger partial charge is 0.251 e. The number of nitrogens with two attached hydrogens (primary N) is 1. The zero-order valence-corrected chi connectivity index (χ0v) is 17.7. The van der Waals surface area contributed by atoms with Crippen molar-refractivity contribution < 1.29 is 19.4 Å². The number of aliphatic hydroxyl groups is 1. The first-order valence-electron chi connectivity index (χ1n) is 9.47. The van der Waals surface area contributed by atoms with Crippen LogP contribution >= 0.6 is 0 Å². The summed E-state index contributed by atoms with van der Waals surface area (Å²) in [5.41, 5.74) is 8.71. The van der Waals surface area contributed by atoms with E-state index in [4.69, 9.17) is 15.2 Å². The predicted molar refractivity (Wildman–Crippen MR) is 114 cm³/mol. The number of amides is 1. The molecule has 158 valence electrons. The molecule has 0 spiro atoms. The van der Waals surface area contributed by atoms with Crippen molar-refractivity contribution in [3.05, 3.63) is 46.8 Å². The van der Waals surface area contributed by atoms with Crippen molar-refractivity contribution in [2.45, 2.75) is 39.9 Å². The number of aromatic nitrogens is 2. The molecular formula is C22H26N4O4. The van der Waals surface area contributed by atoms with Crippen LogP contribution in [0.4, 0.5) is 0 Å². The lowest BCUT2D eigenvalue weighted by atomic mass is 9.88. The van der Waals surface area contributed by atoms with Gasteiger partial charge in [0.1, 0.15) is 0 Å². The van der Waals surface area contributed by atoms with Gasteiger partial charge in [0.2, 0.25) is 5.88 Å². The van der Waals surface area contributed by atoms with Crippen LogP contribution in [-0.4, -0.2) is 40.8 Å². The lowest BCUT2D eigenvalue weighted by Crippen LogP contribution is -2.22. The molecule has 0 aliphatic heterocycles. The first kappa shape index (κ1) is 23.0. The molecule has 2 heterocycles. The second kappa shape index (κ2) is 9.96. The topological polar surface area (TPSA) is 131 Å². The van der Waals surface area contributed by atoms with Gasteiger partial charge in [-0.3, -0.25) is 9.78 Å². The maximum atomic E-state index is 12.5. The molecule has 0 fully saturated rings. The van der Waals surface area contributed by atoms with Crippen LogP contribution in [0.3, 0.4) is 0 Å². The maximum Gasteiger partial charge on any atom is 0.251 e. The second-order valence-electron chi connectivity index (χ2n) is 6.60. The Morgan fingerprint density at radius 1 is 1.47 bits per heavy atom. The van der Waals surface area contributed by atoms with E-state index in [-0.39, 0.29) is 24.5 Å². The average molecular weight is 410 g/mol. The third-order valence-electron chi connectivity index (χ3n) is 4.75. The monoisotopic (exact) mass is 410 g/mol. The van der Waals surface area contributed by atoms with Crippen molar-refractivity contribution in [2.24, 2.45) is 5.73 Å². The van der Waals surface area contributed by atoms with E-state index in [0.29, 0.717) is 45.5 Å². The number of aliphatic hydroxyl groups excluding tert-OH is 1. The van der Waals surface area contributed by atoms with E-state index < -0.39 is 12.0 Å². The van der Waals surface area contributed by atoms with Crippen LogP contribution in [0.1, 0.15) is 47.4 Å². The van der Waals surface area contributed by atoms with Crippen molar-refractivity contribution in [3.63, 3.8) is 0 Å². The molecule has 8 heteroatoms. The summed E-state index contributed by atoms with van der Waals surface area (Å²) in [4.78, 5) is 21.3. The molecule has 0 aliphatic rings. The quantitative estimate of drug-likeness (QED) is 0.608. The average Bonchev–Trinajstić information content (AvgIpc) is 2.72. The fourth-order valence-electron chi connectivity index (χ4n) is 3.44. The number of primary amides is 1. The summed E-state index contributed by atoms with van der Waals surface area (Å²) in [7, 11) is 1.51. The molecule has 0 saturated heterocycles. The van der Waals surface area contributed by atoms with Crippen LogP contribution in [0.5, 0.6) is 5.88 Å². The van der Waals surface area contributed by atoms with Crippen molar-refractivity contribution >= 4 is 22.4 Å². The molecule has 1 atom stereocenters. The molecule has 2 rings (SSSR count). The van der Waals surface area contributed by atoms with Crippen LogP contribution in [0.2, 0.25) is 0 Å². The zero-order valence-electron chi connectivity index (χ0n) is 17.7. The maximum absolute atomic E-state index is 12.5. The van der Waals surface area contributed by atoms with Gasteiger partial charge in [0.15, 0.2) is 0 Å². The highest BCUT2D eigenvalue weighted by Crippen LogP contribution is 2.38. The molecule has 1 amide bonds. The fourth-order valence-corrected chi connectivity index (χ4v) is 3.44. The molecule has 8 nitrogen and oxygen atoms in total. The Bertz CT molecular complexity index is 1050. The SMILES string of the molecule is C=C(C#N)CC(OC)/C(=C\C)c1c(C(N)=O)c(C)nc2c(CO)cnc(OCC)c12. The number of pyridine rings is 2. The van der Waals surface area contributed by atoms with Gasteiger partial charge in [-0.2, -0.15) is 5.26 Å². The Balaban J connectivity index is 3.02. The Morgan fingerprint density at radius 3 is 2.67 bits per heavy atom. The summed E-state index contributed by atoms with van der Waals surface area (Å²) >= 11 is 0. The van der Waals surface area contributed by atoms with E-state index in [2.05, 4.69) is 16.5 Å². The Morgan fingerprint density at radius 2 is 2.17 bits per heavy atom. The van der Waals surface area contributed by atoms with Crippen molar-refractivity contribution in [3.8, 4) is 11.9 Å². The Labute approximate surface area is 175 Å². The van der Waals surface area contributed by atoms with Crippen molar-refractivity contribution in [1.82, 2.24) is 9.97 Å². The second-order valence-corrected chi connectivity index (χ2v) is 6.60. The summed E-state index contributed by atoms with van der Waals surface area (Å²) in [6, 6.07) is 2.02. The Kier molecular flexibility index (Phi) is 7.64. The van der Waals surface area contributed by atoms with Gasteiger partial charge in [-0.25, -0.2) is 4.98 Å². The number of carbonyl (C=O) groups is 1. The van der Waals surface area contributed by atoms with E-state index in [1.54, 1.807) is 19.9 Å². The number of hydrogen-bond acceptors (Lipinski definition) is 7. The summed E-state index contributed by atoms with van der Waals surface area (Å²) in [6.45, 7) is 9.08. The normalized spacial score (nSPS) is 12.5. The van der Waals surface area contributed by atoms with Crippen LogP contribution in [-0.2, 0) is 11.3 Å². The van der Waals surface area contributed by atoms with Crippen LogP contribution in [0, 0.1) is 18.3 Å². The van der Waals surface area contributed by atoms with Crippen molar-refractivity contribution in [1.29, 1.82) is 5.26 Å². The van der Waals surface area contributed by atoms with E-state index in [1.807, 2.05) is 13.0 Å². The number of nitrogens with zero attached hydrogens (tertiary/aromatic N) is 3. The van der Waals surface area contributed by atoms with Crippen LogP contribution in [0.15, 0.2) is 24.4 Å². The first-order chi connectivity index (χ1) is 14.3.